The van der Waals surface area contributed by atoms with Gasteiger partial charge in [-0.3, -0.25) is 0 Å². The fourth-order valence-corrected chi connectivity index (χ4v) is 1.13. The number of alkyl halides is 2. The Hall–Kier alpha value is -1.00. The van der Waals surface area contributed by atoms with Gasteiger partial charge in [0.15, 0.2) is 0 Å². The Morgan fingerprint density at radius 1 is 1.29 bits per heavy atom. The molecule has 0 aliphatic rings. The molecule has 0 aliphatic heterocycles. The summed E-state index contributed by atoms with van der Waals surface area (Å²) in [5.74, 6) is -2.94. The number of halogens is 2. The highest BCUT2D eigenvalue weighted by molar-refractivity contribution is 5.25. The Morgan fingerprint density at radius 3 is 2.29 bits per heavy atom. The van der Waals surface area contributed by atoms with Crippen LogP contribution in [-0.4, -0.2) is 13.7 Å². The van der Waals surface area contributed by atoms with Crippen LogP contribution in [0.2, 0.25) is 0 Å². The number of methoxy groups -OCH3 is 1. The van der Waals surface area contributed by atoms with E-state index in [0.717, 1.165) is 5.56 Å². The first-order valence-electron chi connectivity index (χ1n) is 4.26. The van der Waals surface area contributed by atoms with Crippen LogP contribution in [0.1, 0.15) is 11.1 Å². The highest BCUT2D eigenvalue weighted by Gasteiger charge is 2.28. The smallest absolute Gasteiger partial charge is 0.285 e. The molecular weight excluding hydrogens is 188 g/mol. The first-order valence-corrected chi connectivity index (χ1v) is 4.26. The normalized spacial score (nSPS) is 11.7. The Bertz CT molecular complexity index is 285. The van der Waals surface area contributed by atoms with Gasteiger partial charge in [-0.1, -0.05) is 24.3 Å². The fourth-order valence-electron chi connectivity index (χ4n) is 1.13. The molecule has 2 N–H and O–H groups in total. The standard InChI is InChI=1S/C10H13F2NO/c1-14-6-8-2-4-9(5-3-8)10(11,12)7-13/h2-5H,6-7,13H2,1H3. The van der Waals surface area contributed by atoms with E-state index in [2.05, 4.69) is 0 Å². The Kier molecular flexibility index (Phi) is 3.55. The number of ether oxygens (including phenoxy) is 1. The van der Waals surface area contributed by atoms with Crippen LogP contribution in [-0.2, 0) is 17.3 Å². The van der Waals surface area contributed by atoms with E-state index in [1.165, 1.54) is 12.1 Å². The maximum atomic E-state index is 13.0. The van der Waals surface area contributed by atoms with Crippen molar-refractivity contribution in [3.63, 3.8) is 0 Å². The summed E-state index contributed by atoms with van der Waals surface area (Å²) in [6.45, 7) is -0.245. The molecule has 1 aromatic carbocycles. The molecule has 1 aromatic rings. The minimum atomic E-state index is -2.94. The van der Waals surface area contributed by atoms with E-state index < -0.39 is 12.5 Å². The molecule has 0 radical (unpaired) electrons. The SMILES string of the molecule is COCc1ccc(C(F)(F)CN)cc1. The molecule has 0 bridgehead atoms. The van der Waals surface area contributed by atoms with Gasteiger partial charge in [0, 0.05) is 12.7 Å². The lowest BCUT2D eigenvalue weighted by atomic mass is 10.1. The second-order valence-corrected chi connectivity index (χ2v) is 3.04. The number of benzene rings is 1. The van der Waals surface area contributed by atoms with Crippen LogP contribution in [0.3, 0.4) is 0 Å². The quantitative estimate of drug-likeness (QED) is 0.807. The van der Waals surface area contributed by atoms with Crippen molar-refractivity contribution in [2.24, 2.45) is 5.73 Å². The molecule has 1 rings (SSSR count). The first kappa shape index (κ1) is 11.1. The van der Waals surface area contributed by atoms with Crippen LogP contribution >= 0.6 is 0 Å². The maximum absolute atomic E-state index is 13.0. The summed E-state index contributed by atoms with van der Waals surface area (Å²) in [6, 6.07) is 5.98. The zero-order valence-electron chi connectivity index (χ0n) is 7.97. The van der Waals surface area contributed by atoms with Gasteiger partial charge >= 0.3 is 0 Å². The van der Waals surface area contributed by atoms with Crippen LogP contribution in [0, 0.1) is 0 Å². The summed E-state index contributed by atoms with van der Waals surface area (Å²) >= 11 is 0. The van der Waals surface area contributed by atoms with Crippen LogP contribution in [0.25, 0.3) is 0 Å². The highest BCUT2D eigenvalue weighted by atomic mass is 19.3. The van der Waals surface area contributed by atoms with Gasteiger partial charge in [-0.05, 0) is 5.56 Å². The average Bonchev–Trinajstić information content (AvgIpc) is 2.19. The summed E-state index contributed by atoms with van der Waals surface area (Å²) in [6.07, 6.45) is 0. The number of hydrogen-bond donors (Lipinski definition) is 1. The van der Waals surface area contributed by atoms with E-state index in [-0.39, 0.29) is 5.56 Å². The van der Waals surface area contributed by atoms with Crippen LogP contribution in [0.15, 0.2) is 24.3 Å². The molecule has 4 heteroatoms. The summed E-state index contributed by atoms with van der Waals surface area (Å²) in [7, 11) is 1.56. The summed E-state index contributed by atoms with van der Waals surface area (Å²) < 4.78 is 31.0. The van der Waals surface area contributed by atoms with E-state index in [4.69, 9.17) is 10.5 Å². The Morgan fingerprint density at radius 2 is 1.86 bits per heavy atom. The minimum Gasteiger partial charge on any atom is -0.380 e. The lowest BCUT2D eigenvalue weighted by Gasteiger charge is -2.14. The minimum absolute atomic E-state index is 0.0557. The van der Waals surface area contributed by atoms with Crippen LogP contribution in [0.4, 0.5) is 8.78 Å². The molecule has 2 nitrogen and oxygen atoms in total. The molecule has 14 heavy (non-hydrogen) atoms. The molecule has 0 unspecified atom stereocenters. The summed E-state index contributed by atoms with van der Waals surface area (Å²) in [5.41, 5.74) is 5.77. The first-order chi connectivity index (χ1) is 6.60. The van der Waals surface area contributed by atoms with Crippen molar-refractivity contribution in [2.75, 3.05) is 13.7 Å². The molecule has 0 saturated carbocycles. The second kappa shape index (κ2) is 4.48. The Labute approximate surface area is 81.7 Å². The third kappa shape index (κ3) is 2.49. The predicted octanol–water partition coefficient (Wildman–Crippen LogP) is 1.88. The van der Waals surface area contributed by atoms with Gasteiger partial charge in [-0.15, -0.1) is 0 Å². The second-order valence-electron chi connectivity index (χ2n) is 3.04. The van der Waals surface area contributed by atoms with E-state index in [1.807, 2.05) is 0 Å². The van der Waals surface area contributed by atoms with Crippen molar-refractivity contribution in [3.8, 4) is 0 Å². The molecular formula is C10H13F2NO. The molecule has 0 aromatic heterocycles. The zero-order chi connectivity index (χ0) is 10.6. The number of rotatable bonds is 4. The molecule has 0 saturated heterocycles. The molecule has 0 fully saturated rings. The van der Waals surface area contributed by atoms with E-state index in [1.54, 1.807) is 19.2 Å². The summed E-state index contributed by atoms with van der Waals surface area (Å²) in [5, 5.41) is 0. The predicted molar refractivity (Wildman–Crippen MR) is 50.1 cm³/mol. The largest absolute Gasteiger partial charge is 0.380 e. The third-order valence-electron chi connectivity index (χ3n) is 1.94. The Balaban J connectivity index is 2.82. The third-order valence-corrected chi connectivity index (χ3v) is 1.94. The molecule has 0 aliphatic carbocycles. The average molecular weight is 201 g/mol. The van der Waals surface area contributed by atoms with Crippen molar-refractivity contribution in [2.45, 2.75) is 12.5 Å². The number of nitrogens with two attached hydrogens (primary N) is 1. The zero-order valence-corrected chi connectivity index (χ0v) is 7.97. The molecule has 0 amide bonds. The van der Waals surface area contributed by atoms with E-state index >= 15 is 0 Å². The van der Waals surface area contributed by atoms with Gasteiger partial charge in [-0.2, -0.15) is 8.78 Å². The lowest BCUT2D eigenvalue weighted by Crippen LogP contribution is -2.24. The van der Waals surface area contributed by atoms with E-state index in [0.29, 0.717) is 6.61 Å². The van der Waals surface area contributed by atoms with Gasteiger partial charge in [-0.25, -0.2) is 0 Å². The molecule has 0 heterocycles. The van der Waals surface area contributed by atoms with Crippen LogP contribution < -0.4 is 5.73 Å². The maximum Gasteiger partial charge on any atom is 0.285 e. The summed E-state index contributed by atoms with van der Waals surface area (Å²) in [4.78, 5) is 0. The van der Waals surface area contributed by atoms with E-state index in [9.17, 15) is 8.78 Å². The lowest BCUT2D eigenvalue weighted by molar-refractivity contribution is 0.00591. The van der Waals surface area contributed by atoms with Gasteiger partial charge in [0.05, 0.1) is 13.2 Å². The highest BCUT2D eigenvalue weighted by Crippen LogP contribution is 2.26. The van der Waals surface area contributed by atoms with Gasteiger partial charge in [0.25, 0.3) is 5.92 Å². The van der Waals surface area contributed by atoms with Crippen molar-refractivity contribution >= 4 is 0 Å². The monoisotopic (exact) mass is 201 g/mol. The van der Waals surface area contributed by atoms with Gasteiger partial charge in [0.2, 0.25) is 0 Å². The fraction of sp³-hybridized carbons (Fsp3) is 0.400. The van der Waals surface area contributed by atoms with Gasteiger partial charge in [0.1, 0.15) is 0 Å². The van der Waals surface area contributed by atoms with Crippen molar-refractivity contribution in [1.82, 2.24) is 0 Å². The molecule has 0 atom stereocenters. The molecule has 78 valence electrons. The van der Waals surface area contributed by atoms with Crippen LogP contribution in [0.5, 0.6) is 0 Å². The van der Waals surface area contributed by atoms with Crippen molar-refractivity contribution in [1.29, 1.82) is 0 Å². The van der Waals surface area contributed by atoms with Gasteiger partial charge < -0.3 is 10.5 Å². The topological polar surface area (TPSA) is 35.2 Å². The number of hydrogen-bond acceptors (Lipinski definition) is 2. The molecule has 0 spiro atoms. The van der Waals surface area contributed by atoms with Crippen molar-refractivity contribution in [3.05, 3.63) is 35.4 Å². The van der Waals surface area contributed by atoms with Crippen molar-refractivity contribution < 1.29 is 13.5 Å².